The van der Waals surface area contributed by atoms with Gasteiger partial charge in [-0.2, -0.15) is 0 Å². The maximum absolute atomic E-state index is 10.2. The molecule has 2 aromatic rings. The van der Waals surface area contributed by atoms with Gasteiger partial charge in [-0.3, -0.25) is 14.8 Å². The first kappa shape index (κ1) is 22.9. The Kier molecular flexibility index (Phi) is 14.2. The second-order valence-electron chi connectivity index (χ2n) is 6.12. The van der Waals surface area contributed by atoms with Crippen LogP contribution in [0.25, 0.3) is 0 Å². The molecule has 0 aliphatic rings. The predicted molar refractivity (Wildman–Crippen MR) is 106 cm³/mol. The van der Waals surface area contributed by atoms with E-state index in [1.807, 2.05) is 49.6 Å². The minimum Gasteiger partial charge on any atom is -0.302 e. The fourth-order valence-corrected chi connectivity index (χ4v) is 2.08. The Hall–Kier alpha value is -2.07. The maximum atomic E-state index is 10.2. The van der Waals surface area contributed by atoms with E-state index in [1.54, 1.807) is 13.1 Å². The Morgan fingerprint density at radius 1 is 1.00 bits per heavy atom. The molecule has 2 aromatic heterocycles. The fraction of sp³-hybridized carbons (Fsp3) is 0.476. The zero-order valence-corrected chi connectivity index (χ0v) is 16.4. The molecule has 0 saturated carbocycles. The van der Waals surface area contributed by atoms with Crippen LogP contribution in [0.2, 0.25) is 0 Å². The standard InChI is InChI=1S/2C8H11N.C5H11NO/c1-2-5-8-6-3-4-7-9-8;1-2-4-8-5-3-6-9-7-8;1-5(7)4-6(2)3/h3-4,6-7H,2,5H2,1H3;3,5-7H,2,4H2,1H3;4H2,1-3H3. The van der Waals surface area contributed by atoms with E-state index >= 15 is 0 Å². The lowest BCUT2D eigenvalue weighted by molar-refractivity contribution is -0.117. The van der Waals surface area contributed by atoms with Crippen LogP contribution in [0.5, 0.6) is 0 Å². The molecule has 2 heterocycles. The number of carbonyl (C=O) groups is 1. The second kappa shape index (κ2) is 15.5. The van der Waals surface area contributed by atoms with E-state index in [9.17, 15) is 4.79 Å². The molecule has 0 radical (unpaired) electrons. The van der Waals surface area contributed by atoms with Crippen LogP contribution < -0.4 is 0 Å². The summed E-state index contributed by atoms with van der Waals surface area (Å²) in [6.45, 7) is 6.47. The number of carbonyl (C=O) groups excluding carboxylic acids is 1. The Balaban J connectivity index is 0.000000350. The number of aryl methyl sites for hydroxylation is 2. The van der Waals surface area contributed by atoms with Crippen molar-refractivity contribution < 1.29 is 4.79 Å². The van der Waals surface area contributed by atoms with Gasteiger partial charge < -0.3 is 4.90 Å². The molecule has 0 amide bonds. The molecule has 25 heavy (non-hydrogen) atoms. The molecule has 0 fully saturated rings. The largest absolute Gasteiger partial charge is 0.302 e. The summed E-state index contributed by atoms with van der Waals surface area (Å²) >= 11 is 0. The van der Waals surface area contributed by atoms with Gasteiger partial charge in [-0.05, 0) is 57.6 Å². The molecular formula is C21H33N3O. The summed E-state index contributed by atoms with van der Waals surface area (Å²) in [4.78, 5) is 20.2. The summed E-state index contributed by atoms with van der Waals surface area (Å²) in [5.74, 6) is 0.213. The summed E-state index contributed by atoms with van der Waals surface area (Å²) in [5.41, 5.74) is 2.53. The molecule has 2 rings (SSSR count). The molecule has 0 aliphatic heterocycles. The van der Waals surface area contributed by atoms with Gasteiger partial charge in [0.1, 0.15) is 5.78 Å². The topological polar surface area (TPSA) is 46.1 Å². The molecule has 0 unspecified atom stereocenters. The molecule has 0 spiro atoms. The van der Waals surface area contributed by atoms with E-state index < -0.39 is 0 Å². The highest BCUT2D eigenvalue weighted by Crippen LogP contribution is 1.98. The van der Waals surface area contributed by atoms with E-state index in [4.69, 9.17) is 0 Å². The molecule has 0 saturated heterocycles. The number of ketones is 1. The first-order valence-electron chi connectivity index (χ1n) is 8.92. The number of likely N-dealkylation sites (N-methyl/N-ethyl adjacent to an activating group) is 1. The van der Waals surface area contributed by atoms with E-state index in [0.717, 1.165) is 12.8 Å². The number of hydrogen-bond acceptors (Lipinski definition) is 4. The van der Waals surface area contributed by atoms with Crippen molar-refractivity contribution in [2.75, 3.05) is 20.6 Å². The normalized spacial score (nSPS) is 9.52. The van der Waals surface area contributed by atoms with E-state index in [0.29, 0.717) is 6.54 Å². The lowest BCUT2D eigenvalue weighted by atomic mass is 10.2. The van der Waals surface area contributed by atoms with E-state index in [-0.39, 0.29) is 5.78 Å². The van der Waals surface area contributed by atoms with Crippen molar-refractivity contribution in [3.05, 3.63) is 60.2 Å². The molecule has 4 heteroatoms. The summed E-state index contributed by atoms with van der Waals surface area (Å²) in [6, 6.07) is 10.1. The van der Waals surface area contributed by atoms with Crippen molar-refractivity contribution in [1.82, 2.24) is 14.9 Å². The number of hydrogen-bond donors (Lipinski definition) is 0. The maximum Gasteiger partial charge on any atom is 0.143 e. The number of rotatable bonds is 6. The van der Waals surface area contributed by atoms with Gasteiger partial charge >= 0.3 is 0 Å². The molecule has 0 aromatic carbocycles. The fourth-order valence-electron chi connectivity index (χ4n) is 2.08. The summed E-state index contributed by atoms with van der Waals surface area (Å²) in [6.07, 6.45) is 10.2. The lowest BCUT2D eigenvalue weighted by Gasteiger charge is -2.03. The average Bonchev–Trinajstić information content (AvgIpc) is 2.57. The van der Waals surface area contributed by atoms with Gasteiger partial charge in [0.15, 0.2) is 0 Å². The van der Waals surface area contributed by atoms with Crippen LogP contribution in [-0.2, 0) is 17.6 Å². The van der Waals surface area contributed by atoms with Crippen LogP contribution in [-0.4, -0.2) is 41.3 Å². The van der Waals surface area contributed by atoms with Crippen LogP contribution >= 0.6 is 0 Å². The third kappa shape index (κ3) is 15.2. The first-order chi connectivity index (χ1) is 12.0. The molecule has 0 atom stereocenters. The van der Waals surface area contributed by atoms with Gasteiger partial charge in [-0.25, -0.2) is 0 Å². The van der Waals surface area contributed by atoms with Crippen molar-refractivity contribution in [3.8, 4) is 0 Å². The molecule has 0 aliphatic carbocycles. The Bertz CT molecular complexity index is 500. The summed E-state index contributed by atoms with van der Waals surface area (Å²) in [7, 11) is 3.75. The third-order valence-electron chi connectivity index (χ3n) is 3.03. The van der Waals surface area contributed by atoms with Gasteiger partial charge in [0.05, 0.1) is 6.54 Å². The second-order valence-corrected chi connectivity index (χ2v) is 6.12. The van der Waals surface area contributed by atoms with Crippen molar-refractivity contribution in [2.24, 2.45) is 0 Å². The Labute approximate surface area is 153 Å². The van der Waals surface area contributed by atoms with Crippen LogP contribution in [0.15, 0.2) is 48.9 Å². The van der Waals surface area contributed by atoms with Gasteiger partial charge in [0.25, 0.3) is 0 Å². The van der Waals surface area contributed by atoms with Gasteiger partial charge in [0.2, 0.25) is 0 Å². The monoisotopic (exact) mass is 343 g/mol. The minimum atomic E-state index is 0.213. The average molecular weight is 344 g/mol. The SMILES string of the molecule is CC(=O)CN(C)C.CCCc1ccccn1.CCCc1cccnc1. The highest BCUT2D eigenvalue weighted by molar-refractivity contribution is 5.77. The highest BCUT2D eigenvalue weighted by atomic mass is 16.1. The molecule has 0 N–H and O–H groups in total. The molecular weight excluding hydrogens is 310 g/mol. The number of pyridine rings is 2. The number of Topliss-reactive ketones (excluding diaryl/α,β-unsaturated/α-hetero) is 1. The highest BCUT2D eigenvalue weighted by Gasteiger charge is 1.91. The molecule has 138 valence electrons. The predicted octanol–water partition coefficient (Wildman–Crippen LogP) is 4.21. The van der Waals surface area contributed by atoms with E-state index in [2.05, 4.69) is 35.9 Å². The third-order valence-corrected chi connectivity index (χ3v) is 3.03. The first-order valence-corrected chi connectivity index (χ1v) is 8.92. The number of aromatic nitrogens is 2. The smallest absolute Gasteiger partial charge is 0.143 e. The minimum absolute atomic E-state index is 0.213. The number of nitrogens with zero attached hydrogens (tertiary/aromatic N) is 3. The lowest BCUT2D eigenvalue weighted by Crippen LogP contribution is -2.18. The van der Waals surface area contributed by atoms with Crippen molar-refractivity contribution >= 4 is 5.78 Å². The zero-order valence-electron chi connectivity index (χ0n) is 16.4. The zero-order chi connectivity index (χ0) is 18.9. The van der Waals surface area contributed by atoms with Crippen molar-refractivity contribution in [3.63, 3.8) is 0 Å². The summed E-state index contributed by atoms with van der Waals surface area (Å²) < 4.78 is 0. The van der Waals surface area contributed by atoms with Gasteiger partial charge in [0, 0.05) is 24.3 Å². The van der Waals surface area contributed by atoms with Crippen LogP contribution in [0.3, 0.4) is 0 Å². The van der Waals surface area contributed by atoms with Gasteiger partial charge in [-0.15, -0.1) is 0 Å². The quantitative estimate of drug-likeness (QED) is 0.788. The Morgan fingerprint density at radius 2 is 1.72 bits per heavy atom. The van der Waals surface area contributed by atoms with E-state index in [1.165, 1.54) is 24.1 Å². The van der Waals surface area contributed by atoms with Crippen LogP contribution in [0.1, 0.15) is 44.9 Å². The molecule has 4 nitrogen and oxygen atoms in total. The Morgan fingerprint density at radius 3 is 2.12 bits per heavy atom. The van der Waals surface area contributed by atoms with Crippen LogP contribution in [0.4, 0.5) is 0 Å². The molecule has 0 bridgehead atoms. The van der Waals surface area contributed by atoms with Crippen molar-refractivity contribution in [1.29, 1.82) is 0 Å². The summed E-state index contributed by atoms with van der Waals surface area (Å²) in [5, 5.41) is 0. The van der Waals surface area contributed by atoms with Gasteiger partial charge in [-0.1, -0.05) is 38.8 Å². The van der Waals surface area contributed by atoms with Crippen molar-refractivity contribution in [2.45, 2.75) is 46.5 Å². The van der Waals surface area contributed by atoms with Crippen LogP contribution in [0, 0.1) is 0 Å².